The fourth-order valence-electron chi connectivity index (χ4n) is 8.68. The van der Waals surface area contributed by atoms with Gasteiger partial charge in [0.15, 0.2) is 0 Å². The van der Waals surface area contributed by atoms with Crippen LogP contribution in [0.1, 0.15) is 109 Å². The highest BCUT2D eigenvalue weighted by atomic mass is 16.3. The minimum absolute atomic E-state index is 0.165. The van der Waals surface area contributed by atoms with Crippen LogP contribution in [-0.2, 0) is 6.42 Å². The quantitative estimate of drug-likeness (QED) is 0.474. The van der Waals surface area contributed by atoms with E-state index in [0.29, 0.717) is 16.7 Å². The van der Waals surface area contributed by atoms with Gasteiger partial charge < -0.3 is 5.11 Å². The summed E-state index contributed by atoms with van der Waals surface area (Å²) in [6.07, 6.45) is 26.3. The van der Waals surface area contributed by atoms with E-state index in [4.69, 9.17) is 0 Å². The van der Waals surface area contributed by atoms with Gasteiger partial charge in [-0.3, -0.25) is 4.98 Å². The molecule has 1 N–H and O–H groups in total. The molecule has 0 radical (unpaired) electrons. The van der Waals surface area contributed by atoms with Gasteiger partial charge in [-0.25, -0.2) is 0 Å². The fraction of sp³-hybridized carbons (Fsp3) is 0.774. The number of aromatic nitrogens is 1. The van der Waals surface area contributed by atoms with Crippen molar-refractivity contribution in [3.05, 3.63) is 41.7 Å². The maximum absolute atomic E-state index is 11.2. The van der Waals surface area contributed by atoms with Gasteiger partial charge in [0.2, 0.25) is 0 Å². The molecule has 6 rings (SSSR count). The third kappa shape index (κ3) is 4.46. The molecule has 182 valence electrons. The largest absolute Gasteiger partial charge is 0.393 e. The number of hydrogen-bond donors (Lipinski definition) is 1. The lowest BCUT2D eigenvalue weighted by atomic mass is 9.47. The SMILES string of the molecule is C1CCC1.CC12CCCCC1=CCC1C2CCC2(C)C(C(O)CCc3cccnc3)CCC12. The highest BCUT2D eigenvalue weighted by Gasteiger charge is 2.59. The minimum Gasteiger partial charge on any atom is -0.393 e. The highest BCUT2D eigenvalue weighted by Crippen LogP contribution is 2.66. The van der Waals surface area contributed by atoms with Gasteiger partial charge in [0.05, 0.1) is 6.10 Å². The van der Waals surface area contributed by atoms with Crippen molar-refractivity contribution in [2.24, 2.45) is 34.5 Å². The molecule has 7 unspecified atom stereocenters. The predicted molar refractivity (Wildman–Crippen MR) is 137 cm³/mol. The predicted octanol–water partition coefficient (Wildman–Crippen LogP) is 7.90. The average molecular weight is 450 g/mol. The number of pyridine rings is 1. The van der Waals surface area contributed by atoms with Crippen molar-refractivity contribution < 1.29 is 5.11 Å². The third-order valence-corrected chi connectivity index (χ3v) is 11.0. The summed E-state index contributed by atoms with van der Waals surface area (Å²) in [6.45, 7) is 5.15. The van der Waals surface area contributed by atoms with Crippen LogP contribution in [0.2, 0.25) is 0 Å². The van der Waals surface area contributed by atoms with Gasteiger partial charge in [-0.05, 0) is 110 Å². The Hall–Kier alpha value is -1.15. The zero-order valence-electron chi connectivity index (χ0n) is 21.3. The van der Waals surface area contributed by atoms with Crippen LogP contribution < -0.4 is 0 Å². The molecule has 0 aromatic carbocycles. The molecule has 4 saturated carbocycles. The molecule has 0 amide bonds. The topological polar surface area (TPSA) is 33.1 Å². The van der Waals surface area contributed by atoms with Gasteiger partial charge in [0, 0.05) is 12.4 Å². The first-order valence-corrected chi connectivity index (χ1v) is 14.3. The first kappa shape index (κ1) is 23.6. The van der Waals surface area contributed by atoms with Crippen LogP contribution in [0.15, 0.2) is 36.2 Å². The van der Waals surface area contributed by atoms with Crippen molar-refractivity contribution in [3.8, 4) is 0 Å². The number of hydrogen-bond acceptors (Lipinski definition) is 2. The van der Waals surface area contributed by atoms with Crippen molar-refractivity contribution in [1.82, 2.24) is 4.98 Å². The monoisotopic (exact) mass is 449 g/mol. The van der Waals surface area contributed by atoms with E-state index < -0.39 is 0 Å². The summed E-state index contributed by atoms with van der Waals surface area (Å²) in [5, 5.41) is 11.2. The van der Waals surface area contributed by atoms with Crippen molar-refractivity contribution in [3.63, 3.8) is 0 Å². The molecule has 2 heteroatoms. The van der Waals surface area contributed by atoms with E-state index in [1.54, 1.807) is 5.57 Å². The van der Waals surface area contributed by atoms with Gasteiger partial charge in [-0.2, -0.15) is 0 Å². The van der Waals surface area contributed by atoms with Gasteiger partial charge >= 0.3 is 0 Å². The first-order chi connectivity index (χ1) is 16.0. The zero-order valence-corrected chi connectivity index (χ0v) is 21.3. The molecule has 1 aromatic heterocycles. The minimum atomic E-state index is -0.165. The van der Waals surface area contributed by atoms with Crippen molar-refractivity contribution in [1.29, 1.82) is 0 Å². The first-order valence-electron chi connectivity index (χ1n) is 14.3. The molecule has 0 aliphatic heterocycles. The Bertz CT molecular complexity index is 809. The maximum Gasteiger partial charge on any atom is 0.0576 e. The van der Waals surface area contributed by atoms with Crippen LogP contribution in [0.5, 0.6) is 0 Å². The number of nitrogens with zero attached hydrogens (tertiary/aromatic N) is 1. The normalized spacial score (nSPS) is 40.2. The van der Waals surface area contributed by atoms with E-state index in [1.807, 2.05) is 18.5 Å². The number of aliphatic hydroxyl groups excluding tert-OH is 1. The Morgan fingerprint density at radius 2 is 1.82 bits per heavy atom. The van der Waals surface area contributed by atoms with E-state index in [2.05, 4.69) is 31.0 Å². The van der Waals surface area contributed by atoms with Crippen molar-refractivity contribution >= 4 is 0 Å². The molecular formula is C31H47NO. The van der Waals surface area contributed by atoms with E-state index >= 15 is 0 Å². The Morgan fingerprint density at radius 1 is 1.00 bits per heavy atom. The Labute approximate surface area is 202 Å². The van der Waals surface area contributed by atoms with Crippen LogP contribution >= 0.6 is 0 Å². The van der Waals surface area contributed by atoms with Crippen LogP contribution in [0, 0.1) is 34.5 Å². The smallest absolute Gasteiger partial charge is 0.0576 e. The second kappa shape index (κ2) is 9.84. The number of rotatable bonds is 4. The molecule has 33 heavy (non-hydrogen) atoms. The van der Waals surface area contributed by atoms with Crippen LogP contribution in [0.3, 0.4) is 0 Å². The Balaban J connectivity index is 0.000000517. The summed E-state index contributed by atoms with van der Waals surface area (Å²) < 4.78 is 0. The van der Waals surface area contributed by atoms with Crippen molar-refractivity contribution in [2.45, 2.75) is 116 Å². The average Bonchev–Trinajstić information content (AvgIpc) is 3.14. The number of aliphatic hydroxyl groups is 1. The summed E-state index contributed by atoms with van der Waals surface area (Å²) in [5.41, 5.74) is 3.88. The van der Waals surface area contributed by atoms with Gasteiger partial charge in [-0.15, -0.1) is 0 Å². The molecule has 5 aliphatic carbocycles. The van der Waals surface area contributed by atoms with Crippen LogP contribution in [-0.4, -0.2) is 16.2 Å². The summed E-state index contributed by atoms with van der Waals surface area (Å²) >= 11 is 0. The van der Waals surface area contributed by atoms with E-state index in [1.165, 1.54) is 89.0 Å². The number of allylic oxidation sites excluding steroid dienone is 2. The van der Waals surface area contributed by atoms with E-state index in [-0.39, 0.29) is 6.10 Å². The van der Waals surface area contributed by atoms with Crippen molar-refractivity contribution in [2.75, 3.05) is 0 Å². The molecule has 5 aliphatic rings. The molecule has 0 saturated heterocycles. The lowest BCUT2D eigenvalue weighted by Gasteiger charge is -2.58. The molecule has 0 spiro atoms. The molecule has 1 aromatic rings. The lowest BCUT2D eigenvalue weighted by Crippen LogP contribution is -2.50. The van der Waals surface area contributed by atoms with Crippen LogP contribution in [0.4, 0.5) is 0 Å². The van der Waals surface area contributed by atoms with Crippen LogP contribution in [0.25, 0.3) is 0 Å². The molecule has 0 bridgehead atoms. The summed E-state index contributed by atoms with van der Waals surface area (Å²) in [5.74, 6) is 3.05. The van der Waals surface area contributed by atoms with E-state index in [9.17, 15) is 5.11 Å². The Kier molecular flexibility index (Phi) is 7.03. The molecule has 2 nitrogen and oxygen atoms in total. The second-order valence-corrected chi connectivity index (χ2v) is 12.6. The molecule has 7 atom stereocenters. The lowest BCUT2D eigenvalue weighted by molar-refractivity contribution is -0.0663. The molecule has 4 fully saturated rings. The highest BCUT2D eigenvalue weighted by molar-refractivity contribution is 5.24. The standard InChI is InChI=1S/C27H39NO.C4H8/c1-26-15-4-3-7-20(26)9-10-21-22-11-12-24(27(22,2)16-14-23(21)26)25(29)13-8-19-6-5-17-28-18-19;1-2-4-3-1/h5-6,9,17-18,21-25,29H,3-4,7-8,10-16H2,1-2H3;1-4H2. The summed E-state index contributed by atoms with van der Waals surface area (Å²) in [4.78, 5) is 4.24. The fourth-order valence-corrected chi connectivity index (χ4v) is 8.68. The molecular weight excluding hydrogens is 402 g/mol. The maximum atomic E-state index is 11.2. The molecule has 1 heterocycles. The Morgan fingerprint density at radius 3 is 2.55 bits per heavy atom. The summed E-state index contributed by atoms with van der Waals surface area (Å²) in [6, 6.07) is 4.15. The third-order valence-electron chi connectivity index (χ3n) is 11.0. The summed E-state index contributed by atoms with van der Waals surface area (Å²) in [7, 11) is 0. The van der Waals surface area contributed by atoms with Gasteiger partial charge in [0.1, 0.15) is 0 Å². The zero-order chi connectivity index (χ0) is 22.9. The van der Waals surface area contributed by atoms with E-state index in [0.717, 1.165) is 30.6 Å². The number of aryl methyl sites for hydroxylation is 1. The number of fused-ring (bicyclic) bond motifs is 5. The van der Waals surface area contributed by atoms with Gasteiger partial charge in [-0.1, -0.05) is 63.7 Å². The second-order valence-electron chi connectivity index (χ2n) is 12.6. The van der Waals surface area contributed by atoms with Gasteiger partial charge in [0.25, 0.3) is 0 Å².